The van der Waals surface area contributed by atoms with E-state index in [9.17, 15) is 18.0 Å². The van der Waals surface area contributed by atoms with Gasteiger partial charge in [-0.05, 0) is 50.3 Å². The highest BCUT2D eigenvalue weighted by Gasteiger charge is 2.39. The van der Waals surface area contributed by atoms with E-state index in [1.165, 1.54) is 10.7 Å². The lowest BCUT2D eigenvalue weighted by Crippen LogP contribution is -2.36. The molecule has 1 aromatic carbocycles. The van der Waals surface area contributed by atoms with E-state index in [0.29, 0.717) is 25.3 Å². The number of likely N-dealkylation sites (tertiary alicyclic amines) is 1. The van der Waals surface area contributed by atoms with Crippen molar-refractivity contribution < 1.29 is 18.0 Å². The summed E-state index contributed by atoms with van der Waals surface area (Å²) in [7, 11) is -3.65. The summed E-state index contributed by atoms with van der Waals surface area (Å²) < 4.78 is 27.7. The predicted molar refractivity (Wildman–Crippen MR) is 133 cm³/mol. The summed E-state index contributed by atoms with van der Waals surface area (Å²) in [4.78, 5) is 30.2. The van der Waals surface area contributed by atoms with Crippen molar-refractivity contribution in [2.75, 3.05) is 42.9 Å². The number of rotatable bonds is 8. The normalized spacial score (nSPS) is 22.1. The fourth-order valence-electron chi connectivity index (χ4n) is 5.61. The zero-order valence-corrected chi connectivity index (χ0v) is 21.3. The minimum absolute atomic E-state index is 0.0566. The van der Waals surface area contributed by atoms with Crippen LogP contribution >= 0.6 is 0 Å². The number of carbonyl (C=O) groups is 2. The van der Waals surface area contributed by atoms with Gasteiger partial charge in [-0.15, -0.1) is 0 Å². The van der Waals surface area contributed by atoms with Gasteiger partial charge in [0.05, 0.1) is 22.2 Å². The Kier molecular flexibility index (Phi) is 7.82. The van der Waals surface area contributed by atoms with Crippen LogP contribution < -0.4 is 10.2 Å². The van der Waals surface area contributed by atoms with Crippen molar-refractivity contribution in [1.29, 1.82) is 0 Å². The summed E-state index contributed by atoms with van der Waals surface area (Å²) in [6, 6.07) is 5.33. The molecule has 2 amide bonds. The summed E-state index contributed by atoms with van der Waals surface area (Å²) in [6.45, 7) is 6.61. The van der Waals surface area contributed by atoms with Crippen LogP contribution in [0.15, 0.2) is 23.1 Å². The smallest absolute Gasteiger partial charge is 0.243 e. The highest BCUT2D eigenvalue weighted by Crippen LogP contribution is 2.34. The summed E-state index contributed by atoms with van der Waals surface area (Å²) >= 11 is 0. The van der Waals surface area contributed by atoms with Gasteiger partial charge in [0.15, 0.2) is 0 Å². The van der Waals surface area contributed by atoms with Gasteiger partial charge in [-0.1, -0.05) is 26.7 Å². The number of sulfonamides is 1. The van der Waals surface area contributed by atoms with E-state index in [2.05, 4.69) is 10.2 Å². The third-order valence-corrected chi connectivity index (χ3v) is 9.61. The van der Waals surface area contributed by atoms with Crippen molar-refractivity contribution >= 4 is 33.2 Å². The Morgan fingerprint density at radius 3 is 2.38 bits per heavy atom. The van der Waals surface area contributed by atoms with E-state index in [1.807, 2.05) is 24.8 Å². The molecule has 1 aliphatic carbocycles. The van der Waals surface area contributed by atoms with Gasteiger partial charge >= 0.3 is 0 Å². The minimum atomic E-state index is -3.65. The lowest BCUT2D eigenvalue weighted by atomic mass is 10.1. The van der Waals surface area contributed by atoms with Gasteiger partial charge in [0.1, 0.15) is 0 Å². The summed E-state index contributed by atoms with van der Waals surface area (Å²) in [5.74, 6) is -0.559. The SMILES string of the molecule is CCN(CC)S(=O)(=O)c1ccc(N2CCCCC2)c(NC(=O)C2CC(=O)N(C3CCCC3)C2)c1. The van der Waals surface area contributed by atoms with E-state index in [4.69, 9.17) is 0 Å². The van der Waals surface area contributed by atoms with Crippen molar-refractivity contribution in [3.8, 4) is 0 Å². The van der Waals surface area contributed by atoms with Crippen LogP contribution in [0, 0.1) is 5.92 Å². The summed E-state index contributed by atoms with van der Waals surface area (Å²) in [6.07, 6.45) is 7.85. The summed E-state index contributed by atoms with van der Waals surface area (Å²) in [5.41, 5.74) is 1.37. The molecule has 0 radical (unpaired) electrons. The maximum absolute atomic E-state index is 13.3. The molecule has 1 N–H and O–H groups in total. The fraction of sp³-hybridized carbons (Fsp3) is 0.680. The first kappa shape index (κ1) is 25.0. The number of hydrogen-bond acceptors (Lipinski definition) is 5. The Morgan fingerprint density at radius 1 is 1.06 bits per heavy atom. The molecule has 2 heterocycles. The molecule has 1 aromatic rings. The zero-order chi connectivity index (χ0) is 24.3. The molecule has 3 aliphatic rings. The third-order valence-electron chi connectivity index (χ3n) is 7.56. The molecule has 34 heavy (non-hydrogen) atoms. The molecule has 0 aromatic heterocycles. The Morgan fingerprint density at radius 2 is 1.74 bits per heavy atom. The molecule has 2 saturated heterocycles. The number of piperidine rings is 1. The molecule has 188 valence electrons. The molecule has 3 fully saturated rings. The van der Waals surface area contributed by atoms with E-state index >= 15 is 0 Å². The number of benzene rings is 1. The number of amides is 2. The van der Waals surface area contributed by atoms with Gasteiger partial charge in [-0.2, -0.15) is 4.31 Å². The van der Waals surface area contributed by atoms with Crippen LogP contribution in [0.4, 0.5) is 11.4 Å². The largest absolute Gasteiger partial charge is 0.370 e. The van der Waals surface area contributed by atoms with Crippen LogP contribution in [-0.2, 0) is 19.6 Å². The fourth-order valence-corrected chi connectivity index (χ4v) is 7.09. The lowest BCUT2D eigenvalue weighted by molar-refractivity contribution is -0.129. The number of carbonyl (C=O) groups excluding carboxylic acids is 2. The van der Waals surface area contributed by atoms with Gasteiger partial charge in [0, 0.05) is 45.2 Å². The van der Waals surface area contributed by atoms with Gasteiger partial charge < -0.3 is 15.1 Å². The predicted octanol–water partition coefficient (Wildman–Crippen LogP) is 3.44. The number of nitrogens with one attached hydrogen (secondary N) is 1. The second-order valence-corrected chi connectivity index (χ2v) is 11.6. The monoisotopic (exact) mass is 490 g/mol. The molecule has 4 rings (SSSR count). The van der Waals surface area contributed by atoms with Crippen LogP contribution in [0.5, 0.6) is 0 Å². The third kappa shape index (κ3) is 5.10. The van der Waals surface area contributed by atoms with Crippen molar-refractivity contribution in [2.24, 2.45) is 5.92 Å². The summed E-state index contributed by atoms with van der Waals surface area (Å²) in [5, 5.41) is 3.03. The molecule has 2 aliphatic heterocycles. The van der Waals surface area contributed by atoms with E-state index in [-0.39, 0.29) is 29.2 Å². The maximum atomic E-state index is 13.3. The molecule has 1 atom stereocenters. The highest BCUT2D eigenvalue weighted by atomic mass is 32.2. The highest BCUT2D eigenvalue weighted by molar-refractivity contribution is 7.89. The Bertz CT molecular complexity index is 996. The Balaban J connectivity index is 1.59. The first-order chi connectivity index (χ1) is 16.3. The van der Waals surface area contributed by atoms with Crippen molar-refractivity contribution in [2.45, 2.75) is 76.2 Å². The second-order valence-electron chi connectivity index (χ2n) is 9.69. The molecule has 1 unspecified atom stereocenters. The first-order valence-corrected chi connectivity index (χ1v) is 14.3. The van der Waals surface area contributed by atoms with Gasteiger partial charge in [-0.3, -0.25) is 9.59 Å². The van der Waals surface area contributed by atoms with E-state index in [0.717, 1.165) is 57.3 Å². The molecular formula is C25H38N4O4S. The van der Waals surface area contributed by atoms with Crippen LogP contribution in [0.3, 0.4) is 0 Å². The van der Waals surface area contributed by atoms with Crippen molar-refractivity contribution in [3.05, 3.63) is 18.2 Å². The van der Waals surface area contributed by atoms with E-state index < -0.39 is 15.9 Å². The Hall–Kier alpha value is -2.13. The second kappa shape index (κ2) is 10.6. The van der Waals surface area contributed by atoms with Gasteiger partial charge in [0.2, 0.25) is 21.8 Å². The first-order valence-electron chi connectivity index (χ1n) is 12.8. The molecule has 9 heteroatoms. The number of hydrogen-bond donors (Lipinski definition) is 1. The van der Waals surface area contributed by atoms with E-state index in [1.54, 1.807) is 12.1 Å². The van der Waals surface area contributed by atoms with Gasteiger partial charge in [0.25, 0.3) is 0 Å². The maximum Gasteiger partial charge on any atom is 0.243 e. The molecule has 0 bridgehead atoms. The Labute approximate surface area is 203 Å². The van der Waals surface area contributed by atoms with Crippen LogP contribution in [0.1, 0.15) is 65.2 Å². The minimum Gasteiger partial charge on any atom is -0.370 e. The zero-order valence-electron chi connectivity index (χ0n) is 20.5. The molecule has 1 saturated carbocycles. The van der Waals surface area contributed by atoms with Crippen molar-refractivity contribution in [3.63, 3.8) is 0 Å². The number of nitrogens with zero attached hydrogens (tertiary/aromatic N) is 3. The average molecular weight is 491 g/mol. The lowest BCUT2D eigenvalue weighted by Gasteiger charge is -2.31. The standard InChI is InChI=1S/C25H38N4O4S/c1-3-28(4-2)34(32,33)21-12-13-23(27-14-8-5-9-15-27)22(17-21)26-25(31)19-16-24(30)29(18-19)20-10-6-7-11-20/h12-13,17,19-20H,3-11,14-16,18H2,1-2H3,(H,26,31). The topological polar surface area (TPSA) is 90.0 Å². The van der Waals surface area contributed by atoms with Crippen LogP contribution in [-0.4, -0.2) is 68.2 Å². The molecule has 0 spiro atoms. The van der Waals surface area contributed by atoms with Crippen LogP contribution in [0.25, 0.3) is 0 Å². The molecular weight excluding hydrogens is 452 g/mol. The number of anilines is 2. The van der Waals surface area contributed by atoms with Crippen LogP contribution in [0.2, 0.25) is 0 Å². The van der Waals surface area contributed by atoms with Gasteiger partial charge in [-0.25, -0.2) is 8.42 Å². The quantitative estimate of drug-likeness (QED) is 0.603. The average Bonchev–Trinajstić information content (AvgIpc) is 3.50. The van der Waals surface area contributed by atoms with Crippen molar-refractivity contribution in [1.82, 2.24) is 9.21 Å². The molecule has 8 nitrogen and oxygen atoms in total.